The molecule has 9 nitrogen and oxygen atoms in total. The van der Waals surface area contributed by atoms with Crippen molar-refractivity contribution in [2.75, 3.05) is 20.0 Å². The number of amides is 2. The van der Waals surface area contributed by atoms with Gasteiger partial charge < -0.3 is 14.0 Å². The highest BCUT2D eigenvalue weighted by atomic mass is 32.2. The van der Waals surface area contributed by atoms with Crippen molar-refractivity contribution < 1.29 is 19.1 Å². The lowest BCUT2D eigenvalue weighted by Gasteiger charge is -2.11. The number of rotatable bonds is 8. The number of hydrazine groups is 1. The normalized spacial score (nSPS) is 10.4. The Morgan fingerprint density at radius 1 is 1.00 bits per heavy atom. The van der Waals surface area contributed by atoms with E-state index >= 15 is 0 Å². The van der Waals surface area contributed by atoms with E-state index in [1.807, 2.05) is 41.8 Å². The lowest BCUT2D eigenvalue weighted by molar-refractivity contribution is -0.119. The minimum Gasteiger partial charge on any atom is -0.493 e. The van der Waals surface area contributed by atoms with E-state index in [1.54, 1.807) is 12.1 Å². The minimum absolute atomic E-state index is 0.0686. The quantitative estimate of drug-likeness (QED) is 0.409. The van der Waals surface area contributed by atoms with Gasteiger partial charge in [0.05, 0.1) is 20.0 Å². The van der Waals surface area contributed by atoms with Gasteiger partial charge in [0.1, 0.15) is 0 Å². The first-order chi connectivity index (χ1) is 15.1. The van der Waals surface area contributed by atoms with Crippen LogP contribution in [0.3, 0.4) is 0 Å². The van der Waals surface area contributed by atoms with Gasteiger partial charge in [0.25, 0.3) is 5.91 Å². The number of carbonyl (C=O) groups is 2. The molecule has 0 saturated heterocycles. The molecule has 3 aromatic rings. The van der Waals surface area contributed by atoms with Gasteiger partial charge in [0.2, 0.25) is 5.91 Å². The molecular weight excluding hydrogens is 418 g/mol. The molecular formula is C21H23N5O4S. The largest absolute Gasteiger partial charge is 0.493 e. The molecule has 0 fully saturated rings. The first-order valence-corrected chi connectivity index (χ1v) is 10.5. The van der Waals surface area contributed by atoms with E-state index in [2.05, 4.69) is 21.0 Å². The lowest BCUT2D eigenvalue weighted by atomic mass is 10.2. The minimum atomic E-state index is -0.470. The lowest BCUT2D eigenvalue weighted by Crippen LogP contribution is -2.42. The third-order valence-electron chi connectivity index (χ3n) is 4.36. The summed E-state index contributed by atoms with van der Waals surface area (Å²) in [6, 6.07) is 14.5. The summed E-state index contributed by atoms with van der Waals surface area (Å²) in [7, 11) is 2.99. The van der Waals surface area contributed by atoms with Crippen molar-refractivity contribution in [2.24, 2.45) is 0 Å². The maximum absolute atomic E-state index is 12.3. The molecule has 0 aliphatic carbocycles. The highest BCUT2D eigenvalue weighted by Crippen LogP contribution is 2.27. The third kappa shape index (κ3) is 5.34. The van der Waals surface area contributed by atoms with Crippen LogP contribution in [0.15, 0.2) is 53.7 Å². The monoisotopic (exact) mass is 441 g/mol. The number of nitrogens with zero attached hydrogens (tertiary/aromatic N) is 3. The van der Waals surface area contributed by atoms with Crippen LogP contribution in [0, 0.1) is 0 Å². The summed E-state index contributed by atoms with van der Waals surface area (Å²) in [5.74, 6) is 0.902. The van der Waals surface area contributed by atoms with Crippen LogP contribution in [0.5, 0.6) is 11.5 Å². The number of hydrogen-bond acceptors (Lipinski definition) is 7. The Kier molecular flexibility index (Phi) is 7.50. The van der Waals surface area contributed by atoms with Crippen LogP contribution >= 0.6 is 11.8 Å². The van der Waals surface area contributed by atoms with Gasteiger partial charge in [-0.3, -0.25) is 20.4 Å². The summed E-state index contributed by atoms with van der Waals surface area (Å²) in [5.41, 5.74) is 6.07. The summed E-state index contributed by atoms with van der Waals surface area (Å²) in [5, 5.41) is 9.07. The Morgan fingerprint density at radius 3 is 2.42 bits per heavy atom. The van der Waals surface area contributed by atoms with E-state index < -0.39 is 5.91 Å². The van der Waals surface area contributed by atoms with Gasteiger partial charge in [-0.15, -0.1) is 10.2 Å². The van der Waals surface area contributed by atoms with E-state index in [1.165, 1.54) is 32.0 Å². The van der Waals surface area contributed by atoms with Crippen LogP contribution in [0.2, 0.25) is 0 Å². The highest BCUT2D eigenvalue weighted by Gasteiger charge is 2.15. The fourth-order valence-corrected chi connectivity index (χ4v) is 3.63. The molecule has 2 N–H and O–H groups in total. The predicted molar refractivity (Wildman–Crippen MR) is 117 cm³/mol. The first kappa shape index (κ1) is 22.2. The zero-order chi connectivity index (χ0) is 22.2. The van der Waals surface area contributed by atoms with Crippen molar-refractivity contribution in [3.8, 4) is 22.9 Å². The molecule has 0 radical (unpaired) electrons. The number of hydrogen-bond donors (Lipinski definition) is 2. The Bertz CT molecular complexity index is 1060. The van der Waals surface area contributed by atoms with Crippen molar-refractivity contribution in [3.05, 3.63) is 54.1 Å². The SMILES string of the molecule is CCn1c(SCC(=O)NNC(=O)c2ccc(OC)c(OC)c2)nnc1-c1ccccc1. The number of thioether (sulfide) groups is 1. The summed E-state index contributed by atoms with van der Waals surface area (Å²) < 4.78 is 12.3. The molecule has 31 heavy (non-hydrogen) atoms. The van der Waals surface area contributed by atoms with E-state index in [0.29, 0.717) is 28.8 Å². The fourth-order valence-electron chi connectivity index (χ4n) is 2.82. The zero-order valence-electron chi connectivity index (χ0n) is 17.4. The van der Waals surface area contributed by atoms with Crippen LogP contribution in [0.25, 0.3) is 11.4 Å². The Morgan fingerprint density at radius 2 is 1.74 bits per heavy atom. The number of nitrogens with one attached hydrogen (secondary N) is 2. The van der Waals surface area contributed by atoms with Crippen LogP contribution in [-0.4, -0.2) is 46.6 Å². The van der Waals surface area contributed by atoms with Gasteiger partial charge in [0, 0.05) is 17.7 Å². The van der Waals surface area contributed by atoms with Gasteiger partial charge in [-0.05, 0) is 25.1 Å². The molecule has 2 amide bonds. The smallest absolute Gasteiger partial charge is 0.269 e. The Hall–Kier alpha value is -3.53. The standard InChI is InChI=1S/C21H23N5O4S/c1-4-26-19(14-8-6-5-7-9-14)23-25-21(26)31-13-18(27)22-24-20(28)15-10-11-16(29-2)17(12-15)30-3/h5-12H,4,13H2,1-3H3,(H,22,27)(H,24,28). The average molecular weight is 442 g/mol. The summed E-state index contributed by atoms with van der Waals surface area (Å²) in [6.07, 6.45) is 0. The zero-order valence-corrected chi connectivity index (χ0v) is 18.2. The van der Waals surface area contributed by atoms with Gasteiger partial charge >= 0.3 is 0 Å². The molecule has 0 unspecified atom stereocenters. The Balaban J connectivity index is 1.56. The molecule has 0 saturated carbocycles. The van der Waals surface area contributed by atoms with Crippen molar-refractivity contribution >= 4 is 23.6 Å². The van der Waals surface area contributed by atoms with Crippen molar-refractivity contribution in [3.63, 3.8) is 0 Å². The van der Waals surface area contributed by atoms with Gasteiger partial charge in [-0.2, -0.15) is 0 Å². The second kappa shape index (κ2) is 10.5. The maximum atomic E-state index is 12.3. The molecule has 0 aliphatic rings. The molecule has 0 spiro atoms. The molecule has 3 rings (SSSR count). The predicted octanol–water partition coefficient (Wildman–Crippen LogP) is 2.54. The third-order valence-corrected chi connectivity index (χ3v) is 5.33. The van der Waals surface area contributed by atoms with E-state index in [4.69, 9.17) is 9.47 Å². The van der Waals surface area contributed by atoms with Gasteiger partial charge in [0.15, 0.2) is 22.5 Å². The molecule has 162 valence electrons. The van der Waals surface area contributed by atoms with Crippen LogP contribution < -0.4 is 20.3 Å². The first-order valence-electron chi connectivity index (χ1n) is 9.50. The number of ether oxygens (including phenoxy) is 2. The number of carbonyl (C=O) groups excluding carboxylic acids is 2. The molecule has 0 bridgehead atoms. The molecule has 1 aromatic heterocycles. The molecule has 2 aromatic carbocycles. The molecule has 10 heteroatoms. The molecule has 1 heterocycles. The van der Waals surface area contributed by atoms with E-state index in [9.17, 15) is 9.59 Å². The van der Waals surface area contributed by atoms with Crippen LogP contribution in [-0.2, 0) is 11.3 Å². The second-order valence-corrected chi connectivity index (χ2v) is 7.22. The molecule has 0 aliphatic heterocycles. The van der Waals surface area contributed by atoms with E-state index in [0.717, 1.165) is 11.4 Å². The van der Waals surface area contributed by atoms with Gasteiger partial charge in [-0.25, -0.2) is 0 Å². The number of aromatic nitrogens is 3. The summed E-state index contributed by atoms with van der Waals surface area (Å²) >= 11 is 1.24. The highest BCUT2D eigenvalue weighted by molar-refractivity contribution is 7.99. The number of benzene rings is 2. The van der Waals surface area contributed by atoms with Crippen molar-refractivity contribution in [1.29, 1.82) is 0 Å². The molecule has 0 atom stereocenters. The summed E-state index contributed by atoms with van der Waals surface area (Å²) in [4.78, 5) is 24.5. The second-order valence-electron chi connectivity index (χ2n) is 6.28. The van der Waals surface area contributed by atoms with Gasteiger partial charge in [-0.1, -0.05) is 42.1 Å². The van der Waals surface area contributed by atoms with Crippen molar-refractivity contribution in [2.45, 2.75) is 18.6 Å². The van der Waals surface area contributed by atoms with E-state index in [-0.39, 0.29) is 11.7 Å². The maximum Gasteiger partial charge on any atom is 0.269 e. The fraction of sp³-hybridized carbons (Fsp3) is 0.238. The van der Waals surface area contributed by atoms with Crippen LogP contribution in [0.1, 0.15) is 17.3 Å². The Labute approximate surface area is 184 Å². The average Bonchev–Trinajstić information content (AvgIpc) is 3.24. The van der Waals surface area contributed by atoms with Crippen molar-refractivity contribution in [1.82, 2.24) is 25.6 Å². The van der Waals surface area contributed by atoms with Crippen LogP contribution in [0.4, 0.5) is 0 Å². The number of methoxy groups -OCH3 is 2. The topological polar surface area (TPSA) is 107 Å². The summed E-state index contributed by atoms with van der Waals surface area (Å²) in [6.45, 7) is 2.65.